The lowest BCUT2D eigenvalue weighted by atomic mass is 9.84. The van der Waals surface area contributed by atoms with Crippen LogP contribution in [-0.4, -0.2) is 8.32 Å². The lowest BCUT2D eigenvalue weighted by molar-refractivity contribution is 0.443. The van der Waals surface area contributed by atoms with E-state index >= 15 is 0 Å². The smallest absolute Gasteiger partial charge is 0.250 e. The van der Waals surface area contributed by atoms with E-state index in [0.29, 0.717) is 0 Å². The highest BCUT2D eigenvalue weighted by molar-refractivity contribution is 6.74. The monoisotopic (exact) mass is 290 g/mol. The Balaban J connectivity index is 2.05. The molecular weight excluding hydrogens is 260 g/mol. The zero-order chi connectivity index (χ0) is 14.8. The molecule has 1 nitrogen and oxygen atoms in total. The van der Waals surface area contributed by atoms with Gasteiger partial charge >= 0.3 is 0 Å². The van der Waals surface area contributed by atoms with Crippen LogP contribution >= 0.6 is 0 Å². The Bertz CT molecular complexity index is 422. The summed E-state index contributed by atoms with van der Waals surface area (Å²) in [6.07, 6.45) is 6.94. The highest BCUT2D eigenvalue weighted by Crippen LogP contribution is 2.38. The van der Waals surface area contributed by atoms with E-state index in [9.17, 15) is 0 Å². The second-order valence-electron chi connectivity index (χ2n) is 7.77. The summed E-state index contributed by atoms with van der Waals surface area (Å²) in [4.78, 5) is 0. The molecule has 0 bridgehead atoms. The largest absolute Gasteiger partial charge is 0.544 e. The summed E-state index contributed by atoms with van der Waals surface area (Å²) in [5, 5.41) is 0.259. The lowest BCUT2D eigenvalue weighted by Crippen LogP contribution is -2.43. The molecule has 0 saturated heterocycles. The summed E-state index contributed by atoms with van der Waals surface area (Å²) in [7, 11) is -1.70. The molecule has 0 amide bonds. The molecule has 0 aliphatic heterocycles. The fraction of sp³-hybridized carbons (Fsp3) is 0.667. The Hall–Kier alpha value is -0.763. The normalized spacial score (nSPS) is 18.1. The quantitative estimate of drug-likeness (QED) is 0.609. The van der Waals surface area contributed by atoms with Crippen LogP contribution in [0.1, 0.15) is 64.4 Å². The van der Waals surface area contributed by atoms with Gasteiger partial charge < -0.3 is 4.43 Å². The van der Waals surface area contributed by atoms with Crippen LogP contribution in [0.5, 0.6) is 5.75 Å². The first-order valence-electron chi connectivity index (χ1n) is 8.08. The van der Waals surface area contributed by atoms with E-state index in [1.807, 2.05) is 0 Å². The minimum Gasteiger partial charge on any atom is -0.544 e. The maximum Gasteiger partial charge on any atom is 0.250 e. The molecule has 2 heteroatoms. The summed E-state index contributed by atoms with van der Waals surface area (Å²) < 4.78 is 6.35. The predicted molar refractivity (Wildman–Crippen MR) is 90.1 cm³/mol. The molecule has 0 spiro atoms. The molecular formula is C18H30OSi. The van der Waals surface area contributed by atoms with E-state index in [-0.39, 0.29) is 5.04 Å². The van der Waals surface area contributed by atoms with Gasteiger partial charge in [0.05, 0.1) is 0 Å². The fourth-order valence-corrected chi connectivity index (χ4v) is 3.72. The molecule has 20 heavy (non-hydrogen) atoms. The molecule has 112 valence electrons. The number of hydrogen-bond donors (Lipinski definition) is 0. The van der Waals surface area contributed by atoms with E-state index in [1.165, 1.54) is 37.7 Å². The maximum absolute atomic E-state index is 6.35. The van der Waals surface area contributed by atoms with Crippen molar-refractivity contribution in [3.05, 3.63) is 29.8 Å². The Morgan fingerprint density at radius 3 is 2.00 bits per heavy atom. The van der Waals surface area contributed by atoms with Crippen LogP contribution in [-0.2, 0) is 0 Å². The van der Waals surface area contributed by atoms with Gasteiger partial charge in [-0.05, 0) is 54.6 Å². The third-order valence-electron chi connectivity index (χ3n) is 5.14. The fourth-order valence-electron chi connectivity index (χ4n) is 2.69. The minimum absolute atomic E-state index is 0.259. The van der Waals surface area contributed by atoms with Crippen molar-refractivity contribution in [2.75, 3.05) is 0 Å². The molecule has 1 aliphatic carbocycles. The van der Waals surface area contributed by atoms with Gasteiger partial charge in [-0.2, -0.15) is 0 Å². The first-order valence-corrected chi connectivity index (χ1v) is 11.0. The SMILES string of the molecule is CC(C)(C)[Si](C)(C)Oc1ccc(C2CCCCC2)cc1. The van der Waals surface area contributed by atoms with Gasteiger partial charge in [0.15, 0.2) is 0 Å². The highest BCUT2D eigenvalue weighted by atomic mass is 28.4. The zero-order valence-electron chi connectivity index (χ0n) is 13.8. The lowest BCUT2D eigenvalue weighted by Gasteiger charge is -2.36. The minimum atomic E-state index is -1.70. The Morgan fingerprint density at radius 1 is 0.950 bits per heavy atom. The standard InChI is InChI=1S/C18H30OSi/c1-18(2,3)20(4,5)19-17-13-11-16(12-14-17)15-9-7-6-8-10-15/h11-15H,6-10H2,1-5H3. The Kier molecular flexibility index (Phi) is 4.63. The van der Waals surface area contributed by atoms with Gasteiger partial charge in [0.25, 0.3) is 0 Å². The third kappa shape index (κ3) is 3.66. The predicted octanol–water partition coefficient (Wildman–Crippen LogP) is 6.12. The van der Waals surface area contributed by atoms with Gasteiger partial charge in [-0.3, -0.25) is 0 Å². The van der Waals surface area contributed by atoms with Crippen molar-refractivity contribution in [1.82, 2.24) is 0 Å². The Labute approximate surface area is 125 Å². The molecule has 0 radical (unpaired) electrons. The van der Waals surface area contributed by atoms with Crippen molar-refractivity contribution in [1.29, 1.82) is 0 Å². The van der Waals surface area contributed by atoms with Crippen LogP contribution in [0.15, 0.2) is 24.3 Å². The number of rotatable bonds is 3. The second-order valence-corrected chi connectivity index (χ2v) is 12.5. The van der Waals surface area contributed by atoms with Crippen molar-refractivity contribution in [2.45, 2.75) is 76.9 Å². The topological polar surface area (TPSA) is 9.23 Å². The van der Waals surface area contributed by atoms with E-state index < -0.39 is 8.32 Å². The Morgan fingerprint density at radius 2 is 1.50 bits per heavy atom. The average Bonchev–Trinajstić information content (AvgIpc) is 2.39. The molecule has 1 fully saturated rings. The van der Waals surface area contributed by atoms with Crippen LogP contribution in [0.2, 0.25) is 18.1 Å². The summed E-state index contributed by atoms with van der Waals surface area (Å²) in [5.74, 6) is 1.84. The molecule has 1 aromatic rings. The average molecular weight is 291 g/mol. The molecule has 0 N–H and O–H groups in total. The molecule has 0 aromatic heterocycles. The van der Waals surface area contributed by atoms with E-state index in [1.54, 1.807) is 0 Å². The van der Waals surface area contributed by atoms with Crippen molar-refractivity contribution in [3.63, 3.8) is 0 Å². The summed E-state index contributed by atoms with van der Waals surface area (Å²) in [6.45, 7) is 11.5. The van der Waals surface area contributed by atoms with Gasteiger partial charge in [0.2, 0.25) is 8.32 Å². The third-order valence-corrected chi connectivity index (χ3v) is 9.49. The van der Waals surface area contributed by atoms with Crippen LogP contribution in [0.4, 0.5) is 0 Å². The van der Waals surface area contributed by atoms with Gasteiger partial charge in [-0.25, -0.2) is 0 Å². The first kappa shape index (κ1) is 15.6. The molecule has 0 unspecified atom stereocenters. The van der Waals surface area contributed by atoms with Gasteiger partial charge in [0, 0.05) is 0 Å². The van der Waals surface area contributed by atoms with Gasteiger partial charge in [-0.15, -0.1) is 0 Å². The molecule has 1 aromatic carbocycles. The molecule has 0 atom stereocenters. The van der Waals surface area contributed by atoms with E-state index in [4.69, 9.17) is 4.43 Å². The zero-order valence-corrected chi connectivity index (χ0v) is 14.8. The summed E-state index contributed by atoms with van der Waals surface area (Å²) >= 11 is 0. The van der Waals surface area contributed by atoms with Crippen LogP contribution in [0, 0.1) is 0 Å². The molecule has 1 aliphatic rings. The van der Waals surface area contributed by atoms with Crippen molar-refractivity contribution < 1.29 is 4.43 Å². The number of benzene rings is 1. The molecule has 0 heterocycles. The number of hydrogen-bond acceptors (Lipinski definition) is 1. The van der Waals surface area contributed by atoms with Crippen LogP contribution < -0.4 is 4.43 Å². The first-order chi connectivity index (χ1) is 9.29. The van der Waals surface area contributed by atoms with E-state index in [0.717, 1.165) is 11.7 Å². The van der Waals surface area contributed by atoms with Gasteiger partial charge in [-0.1, -0.05) is 52.2 Å². The van der Waals surface area contributed by atoms with Crippen LogP contribution in [0.25, 0.3) is 0 Å². The van der Waals surface area contributed by atoms with Crippen molar-refractivity contribution in [3.8, 4) is 5.75 Å². The summed E-state index contributed by atoms with van der Waals surface area (Å²) in [5.41, 5.74) is 1.51. The van der Waals surface area contributed by atoms with Crippen LogP contribution in [0.3, 0.4) is 0 Å². The maximum atomic E-state index is 6.35. The second kappa shape index (κ2) is 5.93. The van der Waals surface area contributed by atoms with Crippen molar-refractivity contribution >= 4 is 8.32 Å². The molecule has 2 rings (SSSR count). The van der Waals surface area contributed by atoms with E-state index in [2.05, 4.69) is 58.1 Å². The van der Waals surface area contributed by atoms with Crippen molar-refractivity contribution in [2.24, 2.45) is 0 Å². The summed E-state index contributed by atoms with van der Waals surface area (Å²) in [6, 6.07) is 8.95. The highest BCUT2D eigenvalue weighted by Gasteiger charge is 2.38. The van der Waals surface area contributed by atoms with Gasteiger partial charge in [0.1, 0.15) is 5.75 Å². The molecule has 1 saturated carbocycles.